The Bertz CT molecular complexity index is 1260. The van der Waals surface area contributed by atoms with Crippen LogP contribution in [0.2, 0.25) is 0 Å². The lowest BCUT2D eigenvalue weighted by atomic mass is 10.2. The number of nitrogens with zero attached hydrogens (tertiary/aromatic N) is 6. The molecule has 9 heteroatoms. The fraction of sp³-hybridized carbons (Fsp3) is 0.318. The second-order valence-corrected chi connectivity index (χ2v) is 7.90. The van der Waals surface area contributed by atoms with Gasteiger partial charge in [0.05, 0.1) is 17.8 Å². The van der Waals surface area contributed by atoms with Gasteiger partial charge in [-0.05, 0) is 38.0 Å². The van der Waals surface area contributed by atoms with E-state index < -0.39 is 5.91 Å². The van der Waals surface area contributed by atoms with Gasteiger partial charge < -0.3 is 19.6 Å². The predicted molar refractivity (Wildman–Crippen MR) is 116 cm³/mol. The molecule has 0 radical (unpaired) electrons. The maximum absolute atomic E-state index is 11.6. The summed E-state index contributed by atoms with van der Waals surface area (Å²) in [4.78, 5) is 32.2. The first kappa shape index (κ1) is 19.2. The number of carbonyl (C=O) groups is 1. The number of carbonyl (C=O) groups excluding carboxylic acids is 1. The third kappa shape index (κ3) is 3.52. The average molecular weight is 417 g/mol. The van der Waals surface area contributed by atoms with Crippen molar-refractivity contribution in [1.29, 1.82) is 0 Å². The van der Waals surface area contributed by atoms with Gasteiger partial charge in [-0.25, -0.2) is 19.9 Å². The van der Waals surface area contributed by atoms with Crippen molar-refractivity contribution in [2.45, 2.75) is 39.3 Å². The van der Waals surface area contributed by atoms with Gasteiger partial charge in [-0.2, -0.15) is 0 Å². The lowest BCUT2D eigenvalue weighted by Gasteiger charge is -2.22. The molecule has 0 aromatic carbocycles. The van der Waals surface area contributed by atoms with Crippen molar-refractivity contribution >= 4 is 22.9 Å². The van der Waals surface area contributed by atoms with Crippen molar-refractivity contribution < 1.29 is 9.21 Å². The number of hydrogen-bond donors (Lipinski definition) is 1. The lowest BCUT2D eigenvalue weighted by molar-refractivity contribution is 0.1000. The Balaban J connectivity index is 1.59. The molecule has 4 aromatic heterocycles. The number of fused-ring (bicyclic) bond motifs is 1. The Morgan fingerprint density at radius 1 is 1.26 bits per heavy atom. The largest absolute Gasteiger partial charge is 0.449 e. The van der Waals surface area contributed by atoms with E-state index in [9.17, 15) is 4.79 Å². The molecule has 5 rings (SSSR count). The van der Waals surface area contributed by atoms with E-state index in [1.807, 2.05) is 22.9 Å². The van der Waals surface area contributed by atoms with Crippen LogP contribution in [0.1, 0.15) is 41.7 Å². The van der Waals surface area contributed by atoms with Crippen LogP contribution in [0, 0.1) is 6.92 Å². The van der Waals surface area contributed by atoms with E-state index in [2.05, 4.69) is 21.8 Å². The molecule has 5 heterocycles. The quantitative estimate of drug-likeness (QED) is 0.531. The van der Waals surface area contributed by atoms with E-state index in [0.717, 1.165) is 23.6 Å². The Kier molecular flexibility index (Phi) is 4.65. The molecule has 158 valence electrons. The SMILES string of the molecule is Cc1nc(Cn2c(-c3ccc(N4CCCC4C)nc3)nc3cc(C(N)=O)cnc32)co1. The molecular weight excluding hydrogens is 394 g/mol. The van der Waals surface area contributed by atoms with Gasteiger partial charge in [-0.15, -0.1) is 0 Å². The second kappa shape index (κ2) is 7.50. The molecule has 31 heavy (non-hydrogen) atoms. The number of pyridine rings is 2. The van der Waals surface area contributed by atoms with Gasteiger partial charge in [0.1, 0.15) is 23.4 Å². The topological polar surface area (TPSA) is 116 Å². The van der Waals surface area contributed by atoms with Crippen LogP contribution in [0.3, 0.4) is 0 Å². The minimum absolute atomic E-state index is 0.317. The number of aryl methyl sites for hydroxylation is 1. The van der Waals surface area contributed by atoms with E-state index in [4.69, 9.17) is 20.1 Å². The summed E-state index contributed by atoms with van der Waals surface area (Å²) in [6, 6.07) is 6.21. The van der Waals surface area contributed by atoms with Crippen molar-refractivity contribution in [1.82, 2.24) is 24.5 Å². The summed E-state index contributed by atoms with van der Waals surface area (Å²) in [6.07, 6.45) is 7.30. The summed E-state index contributed by atoms with van der Waals surface area (Å²) < 4.78 is 7.31. The van der Waals surface area contributed by atoms with E-state index >= 15 is 0 Å². The number of imidazole rings is 1. The van der Waals surface area contributed by atoms with Crippen molar-refractivity contribution in [2.24, 2.45) is 5.73 Å². The fourth-order valence-electron chi connectivity index (χ4n) is 4.12. The molecule has 1 atom stereocenters. The summed E-state index contributed by atoms with van der Waals surface area (Å²) in [6.45, 7) is 5.48. The van der Waals surface area contributed by atoms with E-state index in [-0.39, 0.29) is 0 Å². The summed E-state index contributed by atoms with van der Waals surface area (Å²) in [7, 11) is 0. The third-order valence-corrected chi connectivity index (χ3v) is 5.71. The van der Waals surface area contributed by atoms with E-state index in [0.29, 0.717) is 41.0 Å². The first-order valence-corrected chi connectivity index (χ1v) is 10.3. The molecule has 1 unspecified atom stereocenters. The second-order valence-electron chi connectivity index (χ2n) is 7.90. The number of rotatable bonds is 5. The van der Waals surface area contributed by atoms with Crippen LogP contribution in [0.25, 0.3) is 22.6 Å². The highest BCUT2D eigenvalue weighted by molar-refractivity contribution is 5.95. The normalized spacial score (nSPS) is 16.3. The minimum atomic E-state index is -0.539. The predicted octanol–water partition coefficient (Wildman–Crippen LogP) is 2.93. The van der Waals surface area contributed by atoms with Crippen LogP contribution >= 0.6 is 0 Å². The molecule has 0 saturated carbocycles. The monoisotopic (exact) mass is 417 g/mol. The van der Waals surface area contributed by atoms with Crippen LogP contribution in [0.4, 0.5) is 5.82 Å². The zero-order chi connectivity index (χ0) is 21.5. The number of hydrogen-bond acceptors (Lipinski definition) is 7. The summed E-state index contributed by atoms with van der Waals surface area (Å²) in [5, 5.41) is 0. The number of amides is 1. The van der Waals surface area contributed by atoms with Crippen molar-refractivity contribution in [3.05, 3.63) is 54.0 Å². The summed E-state index contributed by atoms with van der Waals surface area (Å²) >= 11 is 0. The van der Waals surface area contributed by atoms with Gasteiger partial charge in [0.15, 0.2) is 11.5 Å². The molecular formula is C22H23N7O2. The summed E-state index contributed by atoms with van der Waals surface area (Å²) in [5.74, 6) is 1.72. The molecule has 1 fully saturated rings. The number of oxazole rings is 1. The Morgan fingerprint density at radius 2 is 2.13 bits per heavy atom. The number of primary amides is 1. The zero-order valence-electron chi connectivity index (χ0n) is 17.4. The Hall–Kier alpha value is -3.75. The van der Waals surface area contributed by atoms with Crippen LogP contribution in [-0.4, -0.2) is 43.0 Å². The Morgan fingerprint density at radius 3 is 2.77 bits per heavy atom. The van der Waals surface area contributed by atoms with Gasteiger partial charge >= 0.3 is 0 Å². The molecule has 2 N–H and O–H groups in total. The van der Waals surface area contributed by atoms with E-state index in [1.54, 1.807) is 19.3 Å². The fourth-order valence-corrected chi connectivity index (χ4v) is 4.12. The first-order valence-electron chi connectivity index (χ1n) is 10.3. The van der Waals surface area contributed by atoms with Gasteiger partial charge in [0, 0.05) is 37.5 Å². The third-order valence-electron chi connectivity index (χ3n) is 5.71. The maximum Gasteiger partial charge on any atom is 0.250 e. The van der Waals surface area contributed by atoms with Gasteiger partial charge in [0.25, 0.3) is 0 Å². The van der Waals surface area contributed by atoms with Crippen LogP contribution in [0.5, 0.6) is 0 Å². The molecule has 4 aromatic rings. The molecule has 0 aliphatic carbocycles. The smallest absolute Gasteiger partial charge is 0.250 e. The first-order chi connectivity index (χ1) is 15.0. The molecule has 9 nitrogen and oxygen atoms in total. The number of nitrogens with two attached hydrogens (primary N) is 1. The molecule has 1 saturated heterocycles. The number of aromatic nitrogens is 5. The standard InChI is InChI=1S/C22H23N7O2/c1-13-4-3-7-28(13)19-6-5-15(9-24-19)21-27-18-8-16(20(23)30)10-25-22(18)29(21)11-17-12-31-14(2)26-17/h5-6,8-10,12-13H,3-4,7,11H2,1-2H3,(H2,23,30). The Labute approximate surface area is 178 Å². The van der Waals surface area contributed by atoms with Crippen molar-refractivity contribution in [3.8, 4) is 11.4 Å². The van der Waals surface area contributed by atoms with Crippen LogP contribution < -0.4 is 10.6 Å². The lowest BCUT2D eigenvalue weighted by Crippen LogP contribution is -2.26. The average Bonchev–Trinajstić information content (AvgIpc) is 3.47. The highest BCUT2D eigenvalue weighted by atomic mass is 16.3. The van der Waals surface area contributed by atoms with Crippen LogP contribution in [0.15, 0.2) is 41.3 Å². The van der Waals surface area contributed by atoms with Crippen molar-refractivity contribution in [2.75, 3.05) is 11.4 Å². The van der Waals surface area contributed by atoms with Crippen molar-refractivity contribution in [3.63, 3.8) is 0 Å². The molecule has 1 amide bonds. The molecule has 0 bridgehead atoms. The van der Waals surface area contributed by atoms with Gasteiger partial charge in [0.2, 0.25) is 5.91 Å². The molecule has 1 aliphatic heterocycles. The van der Waals surface area contributed by atoms with Gasteiger partial charge in [-0.1, -0.05) is 0 Å². The van der Waals surface area contributed by atoms with Crippen LogP contribution in [-0.2, 0) is 6.54 Å². The highest BCUT2D eigenvalue weighted by Crippen LogP contribution is 2.28. The highest BCUT2D eigenvalue weighted by Gasteiger charge is 2.22. The van der Waals surface area contributed by atoms with E-state index in [1.165, 1.54) is 19.0 Å². The summed E-state index contributed by atoms with van der Waals surface area (Å²) in [5.41, 5.74) is 8.58. The molecule has 1 aliphatic rings. The maximum atomic E-state index is 11.6. The number of anilines is 1. The molecule has 0 spiro atoms. The van der Waals surface area contributed by atoms with Gasteiger partial charge in [-0.3, -0.25) is 4.79 Å². The zero-order valence-corrected chi connectivity index (χ0v) is 17.4. The minimum Gasteiger partial charge on any atom is -0.449 e.